The number of fused-ring (bicyclic) bond motifs is 1. The Morgan fingerprint density at radius 1 is 1.32 bits per heavy atom. The number of halogens is 1. The quantitative estimate of drug-likeness (QED) is 0.295. The van der Waals surface area contributed by atoms with Gasteiger partial charge in [-0.25, -0.2) is 4.99 Å². The van der Waals surface area contributed by atoms with Crippen LogP contribution in [0.4, 0.5) is 0 Å². The number of ether oxygens (including phenoxy) is 3. The molecule has 2 unspecified atom stereocenters. The molecule has 8 heteroatoms. The minimum atomic E-state index is -0.153. The van der Waals surface area contributed by atoms with Crippen molar-refractivity contribution in [2.24, 2.45) is 16.8 Å². The summed E-state index contributed by atoms with van der Waals surface area (Å²) in [6.45, 7) is 8.08. The standard InChI is InChI=1S/C20H29N3O4.HI/c1-4-21-20(23-12-14(2)16(13-23)19(24)25-3)22-11-15-7-5-8-17-18(15)27-10-6-9-26-17;/h5,7-8,14,16H,4,6,9-13H2,1-3H3,(H,21,22);1H. The number of guanidine groups is 1. The van der Waals surface area contributed by atoms with E-state index in [2.05, 4.69) is 17.1 Å². The van der Waals surface area contributed by atoms with Crippen LogP contribution in [0, 0.1) is 11.8 Å². The SMILES string of the molecule is CCNC(=NCc1cccc2c1OCCCO2)N1CC(C)C(C(=O)OC)C1.I. The fourth-order valence-corrected chi connectivity index (χ4v) is 3.56. The summed E-state index contributed by atoms with van der Waals surface area (Å²) in [6.07, 6.45) is 0.876. The maximum Gasteiger partial charge on any atom is 0.310 e. The van der Waals surface area contributed by atoms with Crippen molar-refractivity contribution in [2.45, 2.75) is 26.8 Å². The number of nitrogens with one attached hydrogen (secondary N) is 1. The van der Waals surface area contributed by atoms with Crippen LogP contribution >= 0.6 is 24.0 Å². The molecular weight excluding hydrogens is 473 g/mol. The van der Waals surface area contributed by atoms with Crippen LogP contribution in [-0.4, -0.2) is 56.8 Å². The van der Waals surface area contributed by atoms with Gasteiger partial charge >= 0.3 is 5.97 Å². The lowest BCUT2D eigenvalue weighted by Crippen LogP contribution is -2.40. The number of nitrogens with zero attached hydrogens (tertiary/aromatic N) is 2. The number of hydrogen-bond donors (Lipinski definition) is 1. The van der Waals surface area contributed by atoms with Crippen molar-refractivity contribution in [1.82, 2.24) is 10.2 Å². The van der Waals surface area contributed by atoms with Gasteiger partial charge in [0.1, 0.15) is 0 Å². The Labute approximate surface area is 183 Å². The van der Waals surface area contributed by atoms with Crippen molar-refractivity contribution >= 4 is 35.9 Å². The molecule has 2 atom stereocenters. The Morgan fingerprint density at radius 2 is 2.11 bits per heavy atom. The molecule has 156 valence electrons. The fraction of sp³-hybridized carbons (Fsp3) is 0.600. The summed E-state index contributed by atoms with van der Waals surface area (Å²) in [5.74, 6) is 2.33. The van der Waals surface area contributed by atoms with Gasteiger partial charge < -0.3 is 24.4 Å². The first kappa shape index (κ1) is 22.6. The summed E-state index contributed by atoms with van der Waals surface area (Å²) >= 11 is 0. The van der Waals surface area contributed by atoms with Crippen LogP contribution in [0.1, 0.15) is 25.8 Å². The van der Waals surface area contributed by atoms with E-state index in [1.165, 1.54) is 7.11 Å². The molecule has 1 saturated heterocycles. The van der Waals surface area contributed by atoms with Crippen LogP contribution in [-0.2, 0) is 16.1 Å². The molecule has 28 heavy (non-hydrogen) atoms. The Hall–Kier alpha value is -1.71. The van der Waals surface area contributed by atoms with E-state index >= 15 is 0 Å². The number of carbonyl (C=O) groups is 1. The molecule has 2 aliphatic heterocycles. The summed E-state index contributed by atoms with van der Waals surface area (Å²) in [5.41, 5.74) is 1.00. The molecule has 1 fully saturated rings. The second-order valence-electron chi connectivity index (χ2n) is 6.98. The van der Waals surface area contributed by atoms with E-state index in [1.807, 2.05) is 25.1 Å². The molecule has 0 radical (unpaired) electrons. The number of aliphatic imine (C=N–C) groups is 1. The van der Waals surface area contributed by atoms with Crippen LogP contribution in [0.5, 0.6) is 11.5 Å². The average Bonchev–Trinajstić information content (AvgIpc) is 2.90. The second kappa shape index (κ2) is 10.7. The van der Waals surface area contributed by atoms with Gasteiger partial charge in [0.05, 0.1) is 32.8 Å². The van der Waals surface area contributed by atoms with Gasteiger partial charge in [0.15, 0.2) is 17.5 Å². The van der Waals surface area contributed by atoms with E-state index in [0.29, 0.717) is 26.3 Å². The zero-order chi connectivity index (χ0) is 19.2. The van der Waals surface area contributed by atoms with Gasteiger partial charge in [-0.15, -0.1) is 24.0 Å². The molecule has 0 bridgehead atoms. The summed E-state index contributed by atoms with van der Waals surface area (Å²) in [4.78, 5) is 18.9. The van der Waals surface area contributed by atoms with Crippen LogP contribution < -0.4 is 14.8 Å². The Bertz CT molecular complexity index is 698. The summed E-state index contributed by atoms with van der Waals surface area (Å²) in [5, 5.41) is 3.34. The zero-order valence-electron chi connectivity index (χ0n) is 16.8. The molecule has 1 aromatic carbocycles. The van der Waals surface area contributed by atoms with E-state index in [0.717, 1.165) is 42.5 Å². The Morgan fingerprint density at radius 3 is 2.86 bits per heavy atom. The first-order valence-corrected chi connectivity index (χ1v) is 9.62. The van der Waals surface area contributed by atoms with E-state index in [4.69, 9.17) is 19.2 Å². The number of likely N-dealkylation sites (tertiary alicyclic amines) is 1. The number of rotatable bonds is 4. The number of carbonyl (C=O) groups excluding carboxylic acids is 1. The number of para-hydroxylation sites is 1. The molecule has 0 amide bonds. The third kappa shape index (κ3) is 5.21. The molecular formula is C20H30IN3O4. The van der Waals surface area contributed by atoms with Crippen LogP contribution in [0.15, 0.2) is 23.2 Å². The Balaban J connectivity index is 0.00000280. The monoisotopic (exact) mass is 503 g/mol. The van der Waals surface area contributed by atoms with E-state index in [1.54, 1.807) is 0 Å². The van der Waals surface area contributed by atoms with Crippen molar-refractivity contribution < 1.29 is 19.0 Å². The highest BCUT2D eigenvalue weighted by Gasteiger charge is 2.36. The lowest BCUT2D eigenvalue weighted by Gasteiger charge is -2.21. The predicted octanol–water partition coefficient (Wildman–Crippen LogP) is 2.67. The molecule has 0 spiro atoms. The van der Waals surface area contributed by atoms with Crippen LogP contribution in [0.3, 0.4) is 0 Å². The number of hydrogen-bond acceptors (Lipinski definition) is 5. The molecule has 7 nitrogen and oxygen atoms in total. The molecule has 1 N–H and O–H groups in total. The minimum Gasteiger partial charge on any atom is -0.490 e. The van der Waals surface area contributed by atoms with Gasteiger partial charge in [0, 0.05) is 31.6 Å². The fourth-order valence-electron chi connectivity index (χ4n) is 3.56. The normalized spacial score (nSPS) is 21.5. The van der Waals surface area contributed by atoms with Gasteiger partial charge in [-0.3, -0.25) is 4.79 Å². The van der Waals surface area contributed by atoms with Gasteiger partial charge in [0.2, 0.25) is 0 Å². The largest absolute Gasteiger partial charge is 0.490 e. The van der Waals surface area contributed by atoms with Crippen molar-refractivity contribution in [1.29, 1.82) is 0 Å². The minimum absolute atomic E-state index is 0. The van der Waals surface area contributed by atoms with Gasteiger partial charge in [0.25, 0.3) is 0 Å². The first-order valence-electron chi connectivity index (χ1n) is 9.62. The highest BCUT2D eigenvalue weighted by atomic mass is 127. The lowest BCUT2D eigenvalue weighted by atomic mass is 9.99. The van der Waals surface area contributed by atoms with Gasteiger partial charge in [-0.1, -0.05) is 19.1 Å². The number of benzene rings is 1. The third-order valence-electron chi connectivity index (χ3n) is 5.00. The number of esters is 1. The van der Waals surface area contributed by atoms with Crippen LogP contribution in [0.2, 0.25) is 0 Å². The average molecular weight is 503 g/mol. The van der Waals surface area contributed by atoms with E-state index in [9.17, 15) is 4.79 Å². The maximum absolute atomic E-state index is 12.0. The number of methoxy groups -OCH3 is 1. The van der Waals surface area contributed by atoms with Crippen molar-refractivity contribution in [3.63, 3.8) is 0 Å². The highest BCUT2D eigenvalue weighted by molar-refractivity contribution is 14.0. The molecule has 2 heterocycles. The maximum atomic E-state index is 12.0. The molecule has 0 aromatic heterocycles. The topological polar surface area (TPSA) is 72.4 Å². The lowest BCUT2D eigenvalue weighted by molar-refractivity contribution is -0.145. The van der Waals surface area contributed by atoms with Gasteiger partial charge in [-0.2, -0.15) is 0 Å². The van der Waals surface area contributed by atoms with E-state index < -0.39 is 0 Å². The molecule has 2 aliphatic rings. The third-order valence-corrected chi connectivity index (χ3v) is 5.00. The summed E-state index contributed by atoms with van der Waals surface area (Å²) < 4.78 is 16.6. The van der Waals surface area contributed by atoms with Gasteiger partial charge in [-0.05, 0) is 18.9 Å². The second-order valence-corrected chi connectivity index (χ2v) is 6.98. The molecule has 3 rings (SSSR count). The predicted molar refractivity (Wildman–Crippen MR) is 119 cm³/mol. The first-order chi connectivity index (χ1) is 13.1. The molecule has 1 aromatic rings. The Kier molecular flexibility index (Phi) is 8.65. The van der Waals surface area contributed by atoms with Crippen molar-refractivity contribution in [3.8, 4) is 11.5 Å². The molecule has 0 saturated carbocycles. The summed E-state index contributed by atoms with van der Waals surface area (Å²) in [7, 11) is 1.44. The van der Waals surface area contributed by atoms with E-state index in [-0.39, 0.29) is 41.8 Å². The summed E-state index contributed by atoms with van der Waals surface area (Å²) in [6, 6.07) is 5.92. The molecule has 0 aliphatic carbocycles. The zero-order valence-corrected chi connectivity index (χ0v) is 19.1. The van der Waals surface area contributed by atoms with Crippen molar-refractivity contribution in [2.75, 3.05) is 40.0 Å². The van der Waals surface area contributed by atoms with Crippen LogP contribution in [0.25, 0.3) is 0 Å². The van der Waals surface area contributed by atoms with Crippen molar-refractivity contribution in [3.05, 3.63) is 23.8 Å². The smallest absolute Gasteiger partial charge is 0.310 e. The highest BCUT2D eigenvalue weighted by Crippen LogP contribution is 2.33.